The minimum absolute atomic E-state index is 0.0443. The maximum Gasteiger partial charge on any atom is 0.408 e. The first-order valence-electron chi connectivity index (χ1n) is 9.86. The van der Waals surface area contributed by atoms with Crippen LogP contribution in [0.5, 0.6) is 0 Å². The van der Waals surface area contributed by atoms with Gasteiger partial charge in [0.15, 0.2) is 0 Å². The van der Waals surface area contributed by atoms with Crippen molar-refractivity contribution in [3.63, 3.8) is 0 Å². The highest BCUT2D eigenvalue weighted by molar-refractivity contribution is 5.82. The number of carbonyl (C=O) groups is 1. The van der Waals surface area contributed by atoms with Crippen LogP contribution < -0.4 is 16.4 Å². The molecule has 0 radical (unpaired) electrons. The fourth-order valence-corrected chi connectivity index (χ4v) is 3.34. The van der Waals surface area contributed by atoms with Crippen LogP contribution in [-0.4, -0.2) is 34.9 Å². The van der Waals surface area contributed by atoms with Crippen LogP contribution in [-0.2, 0) is 11.2 Å². The molecule has 3 rings (SSSR count). The number of hydrogen-bond acceptors (Lipinski definition) is 7. The highest BCUT2D eigenvalue weighted by Crippen LogP contribution is 2.34. The predicted octanol–water partition coefficient (Wildman–Crippen LogP) is 3.57. The Balaban J connectivity index is 1.76. The number of aryl methyl sites for hydroxylation is 1. The molecule has 8 heteroatoms. The number of rotatable bonds is 5. The quantitative estimate of drug-likeness (QED) is 0.652. The van der Waals surface area contributed by atoms with Crippen molar-refractivity contribution < 1.29 is 9.53 Å². The maximum atomic E-state index is 12.1. The van der Waals surface area contributed by atoms with Gasteiger partial charge in [-0.15, -0.1) is 0 Å². The van der Waals surface area contributed by atoms with Gasteiger partial charge < -0.3 is 21.1 Å². The molecule has 8 nitrogen and oxygen atoms in total. The van der Waals surface area contributed by atoms with E-state index in [1.54, 1.807) is 19.5 Å². The first-order chi connectivity index (χ1) is 14.3. The molecular weight excluding hydrogens is 380 g/mol. The van der Waals surface area contributed by atoms with Crippen LogP contribution in [0.4, 0.5) is 10.7 Å². The summed E-state index contributed by atoms with van der Waals surface area (Å²) in [6.45, 7) is 5.56. The minimum atomic E-state index is -0.518. The van der Waals surface area contributed by atoms with Gasteiger partial charge in [0.1, 0.15) is 5.60 Å². The van der Waals surface area contributed by atoms with E-state index in [4.69, 9.17) is 10.5 Å². The van der Waals surface area contributed by atoms with Crippen molar-refractivity contribution in [2.75, 3.05) is 12.4 Å². The molecule has 0 fully saturated rings. The Bertz CT molecular complexity index is 978. The van der Waals surface area contributed by atoms with Gasteiger partial charge in [0, 0.05) is 31.2 Å². The summed E-state index contributed by atoms with van der Waals surface area (Å²) in [7, 11) is 1.66. The van der Waals surface area contributed by atoms with Gasteiger partial charge in [-0.1, -0.05) is 12.1 Å². The average molecular weight is 409 g/mol. The minimum Gasteiger partial charge on any atom is -0.444 e. The number of aliphatic imine (C=N–C) groups is 1. The zero-order chi connectivity index (χ0) is 21.7. The van der Waals surface area contributed by atoms with Crippen LogP contribution in [0.1, 0.15) is 44.4 Å². The lowest BCUT2D eigenvalue weighted by atomic mass is 10.0. The van der Waals surface area contributed by atoms with Gasteiger partial charge in [-0.25, -0.2) is 14.8 Å². The first kappa shape index (κ1) is 21.3. The van der Waals surface area contributed by atoms with Crippen molar-refractivity contribution in [2.45, 2.75) is 45.3 Å². The third-order valence-corrected chi connectivity index (χ3v) is 4.57. The van der Waals surface area contributed by atoms with Crippen molar-refractivity contribution in [1.82, 2.24) is 15.3 Å². The molecule has 0 bridgehead atoms. The Morgan fingerprint density at radius 1 is 1.33 bits per heavy atom. The zero-order valence-corrected chi connectivity index (χ0v) is 17.8. The van der Waals surface area contributed by atoms with Gasteiger partial charge in [-0.05, 0) is 56.9 Å². The second-order valence-electron chi connectivity index (χ2n) is 8.05. The fraction of sp³-hybridized carbons (Fsp3) is 0.364. The van der Waals surface area contributed by atoms with Gasteiger partial charge >= 0.3 is 6.09 Å². The second kappa shape index (κ2) is 8.94. The molecule has 1 aliphatic rings. The zero-order valence-electron chi connectivity index (χ0n) is 17.8. The Morgan fingerprint density at radius 2 is 2.13 bits per heavy atom. The molecule has 1 unspecified atom stereocenters. The number of carbonyl (C=O) groups excluding carboxylic acids is 1. The molecule has 1 aromatic heterocycles. The molecule has 30 heavy (non-hydrogen) atoms. The summed E-state index contributed by atoms with van der Waals surface area (Å²) in [6.07, 6.45) is 6.04. The van der Waals surface area contributed by atoms with Gasteiger partial charge in [0.25, 0.3) is 0 Å². The number of nitrogens with zero attached hydrogens (tertiary/aromatic N) is 3. The summed E-state index contributed by atoms with van der Waals surface area (Å²) in [5, 5.41) is 6.02. The lowest BCUT2D eigenvalue weighted by molar-refractivity contribution is 0.0503. The van der Waals surface area contributed by atoms with Gasteiger partial charge in [-0.2, -0.15) is 0 Å². The molecular formula is C22H28N6O2. The third-order valence-electron chi connectivity index (χ3n) is 4.57. The number of alkyl carbamates (subject to hydrolysis) is 1. The number of allylic oxidation sites excluding steroid dienone is 1. The highest BCUT2D eigenvalue weighted by atomic mass is 16.6. The maximum absolute atomic E-state index is 12.1. The summed E-state index contributed by atoms with van der Waals surface area (Å²) < 4.78 is 5.38. The number of hydrogen-bond donors (Lipinski definition) is 3. The number of aromatic nitrogens is 2. The van der Waals surface area contributed by atoms with E-state index in [2.05, 4.69) is 31.7 Å². The van der Waals surface area contributed by atoms with Crippen molar-refractivity contribution in [3.05, 3.63) is 53.5 Å². The SMILES string of the molecule is CN=C/C(=C\N)Nc1nccc(-c2ccc3c(c2)CCC3NC(=O)OC(C)(C)C)n1. The van der Waals surface area contributed by atoms with Crippen LogP contribution in [0.3, 0.4) is 0 Å². The van der Waals surface area contributed by atoms with E-state index >= 15 is 0 Å². The monoisotopic (exact) mass is 408 g/mol. The number of fused-ring (bicyclic) bond motifs is 1. The van der Waals surface area contributed by atoms with E-state index in [0.717, 1.165) is 29.7 Å². The molecule has 0 saturated heterocycles. The molecule has 1 heterocycles. The van der Waals surface area contributed by atoms with E-state index in [1.165, 1.54) is 11.8 Å². The number of nitrogens with two attached hydrogens (primary N) is 1. The molecule has 1 amide bonds. The molecule has 2 aromatic rings. The summed E-state index contributed by atoms with van der Waals surface area (Å²) in [5.74, 6) is 0.439. The number of ether oxygens (including phenoxy) is 1. The van der Waals surface area contributed by atoms with Crippen LogP contribution >= 0.6 is 0 Å². The first-order valence-corrected chi connectivity index (χ1v) is 9.86. The third kappa shape index (κ3) is 5.34. The largest absolute Gasteiger partial charge is 0.444 e. The molecule has 0 saturated carbocycles. The summed E-state index contributed by atoms with van der Waals surface area (Å²) in [5.41, 5.74) is 9.77. The van der Waals surface area contributed by atoms with E-state index in [1.807, 2.05) is 39.0 Å². The highest BCUT2D eigenvalue weighted by Gasteiger charge is 2.26. The van der Waals surface area contributed by atoms with Crippen molar-refractivity contribution in [2.24, 2.45) is 10.7 Å². The van der Waals surface area contributed by atoms with E-state index < -0.39 is 11.7 Å². The molecule has 1 atom stereocenters. The molecule has 0 aliphatic heterocycles. The van der Waals surface area contributed by atoms with Crippen LogP contribution in [0.2, 0.25) is 0 Å². The van der Waals surface area contributed by atoms with Crippen LogP contribution in [0.15, 0.2) is 47.4 Å². The summed E-state index contributed by atoms with van der Waals surface area (Å²) in [6, 6.07) is 7.98. The lowest BCUT2D eigenvalue weighted by Crippen LogP contribution is -2.34. The normalized spacial score (nSPS) is 16.4. The van der Waals surface area contributed by atoms with Crippen LogP contribution in [0.25, 0.3) is 11.3 Å². The Labute approximate surface area is 176 Å². The van der Waals surface area contributed by atoms with Crippen LogP contribution in [0, 0.1) is 0 Å². The van der Waals surface area contributed by atoms with E-state index in [-0.39, 0.29) is 6.04 Å². The van der Waals surface area contributed by atoms with Gasteiger partial charge in [0.2, 0.25) is 5.95 Å². The molecule has 158 valence electrons. The second-order valence-corrected chi connectivity index (χ2v) is 8.05. The lowest BCUT2D eigenvalue weighted by Gasteiger charge is -2.22. The number of benzene rings is 1. The van der Waals surface area contributed by atoms with Crippen molar-refractivity contribution in [1.29, 1.82) is 0 Å². The van der Waals surface area contributed by atoms with Crippen molar-refractivity contribution >= 4 is 18.3 Å². The average Bonchev–Trinajstić information content (AvgIpc) is 3.08. The van der Waals surface area contributed by atoms with Gasteiger partial charge in [-0.3, -0.25) is 4.99 Å². The smallest absolute Gasteiger partial charge is 0.408 e. The molecule has 1 aliphatic carbocycles. The Morgan fingerprint density at radius 3 is 2.83 bits per heavy atom. The molecule has 0 spiro atoms. The predicted molar refractivity (Wildman–Crippen MR) is 118 cm³/mol. The fourth-order valence-electron chi connectivity index (χ4n) is 3.34. The Kier molecular flexibility index (Phi) is 6.34. The van der Waals surface area contributed by atoms with E-state index in [0.29, 0.717) is 11.6 Å². The Hall–Kier alpha value is -3.42. The number of anilines is 1. The van der Waals surface area contributed by atoms with Crippen molar-refractivity contribution in [3.8, 4) is 11.3 Å². The summed E-state index contributed by atoms with van der Waals surface area (Å²) >= 11 is 0. The summed E-state index contributed by atoms with van der Waals surface area (Å²) in [4.78, 5) is 24.9. The van der Waals surface area contributed by atoms with Gasteiger partial charge in [0.05, 0.1) is 17.4 Å². The standard InChI is InChI=1S/C22H28N6O2/c1-22(2,3)30-21(29)28-19-8-6-14-11-15(5-7-17(14)19)18-9-10-25-20(27-18)26-16(12-23)13-24-4/h5,7,9-13,19H,6,8,23H2,1-4H3,(H,28,29)(H,25,26,27)/b16-12+,24-13?. The number of amides is 1. The molecule has 1 aromatic carbocycles. The van der Waals surface area contributed by atoms with E-state index in [9.17, 15) is 4.79 Å². The number of nitrogens with one attached hydrogen (secondary N) is 2. The molecule has 4 N–H and O–H groups in total. The topological polar surface area (TPSA) is 115 Å².